The number of hydrogen-bond donors (Lipinski definition) is 1. The summed E-state index contributed by atoms with van der Waals surface area (Å²) >= 11 is 12.7. The molecule has 0 radical (unpaired) electrons. The first-order valence-corrected chi connectivity index (χ1v) is 5.87. The zero-order valence-corrected chi connectivity index (χ0v) is 10.7. The van der Waals surface area contributed by atoms with Crippen molar-refractivity contribution in [2.75, 3.05) is 13.6 Å². The molecule has 1 amide bonds. The van der Waals surface area contributed by atoms with Crippen LogP contribution < -0.4 is 0 Å². The molecule has 0 spiro atoms. The zero-order chi connectivity index (χ0) is 11.6. The highest BCUT2D eigenvalue weighted by Gasteiger charge is 2.18. The fraction of sp³-hybridized carbons (Fsp3) is 0.444. The standard InChI is InChI=1S/C9H11Cl2NO2S/c1-5(13)4-12(2)9(14)6-3-7(10)15-8(6)11/h3,5,13H,4H2,1-2H3. The molecule has 0 saturated carbocycles. The lowest BCUT2D eigenvalue weighted by Crippen LogP contribution is -2.32. The van der Waals surface area contributed by atoms with Crippen LogP contribution in [-0.4, -0.2) is 35.6 Å². The molecule has 1 atom stereocenters. The first-order chi connectivity index (χ1) is 6.91. The third-order valence-corrected chi connectivity index (χ3v) is 3.26. The largest absolute Gasteiger partial charge is 0.392 e. The molecule has 1 heterocycles. The lowest BCUT2D eigenvalue weighted by atomic mass is 10.3. The van der Waals surface area contributed by atoms with Crippen molar-refractivity contribution in [2.45, 2.75) is 13.0 Å². The maximum absolute atomic E-state index is 11.8. The number of aliphatic hydroxyl groups excluding tert-OH is 1. The first kappa shape index (κ1) is 12.8. The van der Waals surface area contributed by atoms with Gasteiger partial charge in [0.15, 0.2) is 0 Å². The second-order valence-corrected chi connectivity index (χ2v) is 5.56. The van der Waals surface area contributed by atoms with Gasteiger partial charge in [0.25, 0.3) is 5.91 Å². The molecule has 1 N–H and O–H groups in total. The Morgan fingerprint density at radius 2 is 2.27 bits per heavy atom. The predicted molar refractivity (Wildman–Crippen MR) is 63.0 cm³/mol. The summed E-state index contributed by atoms with van der Waals surface area (Å²) in [5.41, 5.74) is 0.384. The average molecular weight is 268 g/mol. The van der Waals surface area contributed by atoms with Crippen molar-refractivity contribution in [3.63, 3.8) is 0 Å². The lowest BCUT2D eigenvalue weighted by Gasteiger charge is -2.18. The summed E-state index contributed by atoms with van der Waals surface area (Å²) in [4.78, 5) is 13.2. The van der Waals surface area contributed by atoms with Crippen LogP contribution in [0.2, 0.25) is 8.67 Å². The topological polar surface area (TPSA) is 40.5 Å². The van der Waals surface area contributed by atoms with Crippen LogP contribution in [0.5, 0.6) is 0 Å². The summed E-state index contributed by atoms with van der Waals surface area (Å²) in [7, 11) is 1.61. The van der Waals surface area contributed by atoms with E-state index in [9.17, 15) is 4.79 Å². The van der Waals surface area contributed by atoms with Gasteiger partial charge in [-0.1, -0.05) is 23.2 Å². The molecule has 1 aromatic heterocycles. The molecular weight excluding hydrogens is 257 g/mol. The van der Waals surface area contributed by atoms with Crippen LogP contribution in [0.25, 0.3) is 0 Å². The molecule has 1 unspecified atom stereocenters. The van der Waals surface area contributed by atoms with Crippen LogP contribution in [0, 0.1) is 0 Å². The Balaban J connectivity index is 2.80. The maximum atomic E-state index is 11.8. The van der Waals surface area contributed by atoms with Gasteiger partial charge in [-0.3, -0.25) is 4.79 Å². The summed E-state index contributed by atoms with van der Waals surface area (Å²) in [5, 5.41) is 9.14. The molecule has 1 rings (SSSR count). The number of nitrogens with zero attached hydrogens (tertiary/aromatic N) is 1. The van der Waals surface area contributed by atoms with E-state index >= 15 is 0 Å². The summed E-state index contributed by atoms with van der Waals surface area (Å²) < 4.78 is 0.858. The van der Waals surface area contributed by atoms with E-state index < -0.39 is 6.10 Å². The zero-order valence-electron chi connectivity index (χ0n) is 8.33. The molecule has 0 fully saturated rings. The molecule has 3 nitrogen and oxygen atoms in total. The Morgan fingerprint density at radius 3 is 2.67 bits per heavy atom. The summed E-state index contributed by atoms with van der Waals surface area (Å²) in [5.74, 6) is -0.232. The second kappa shape index (κ2) is 5.16. The van der Waals surface area contributed by atoms with Gasteiger partial charge in [-0.05, 0) is 13.0 Å². The number of carbonyl (C=O) groups is 1. The van der Waals surface area contributed by atoms with Gasteiger partial charge in [0.1, 0.15) is 4.34 Å². The van der Waals surface area contributed by atoms with Crippen molar-refractivity contribution in [2.24, 2.45) is 0 Å². The number of halogens is 2. The Bertz CT molecular complexity index is 365. The molecule has 0 aliphatic rings. The monoisotopic (exact) mass is 267 g/mol. The van der Waals surface area contributed by atoms with Crippen LogP contribution >= 0.6 is 34.5 Å². The van der Waals surface area contributed by atoms with E-state index in [-0.39, 0.29) is 12.5 Å². The van der Waals surface area contributed by atoms with E-state index in [1.165, 1.54) is 11.0 Å². The van der Waals surface area contributed by atoms with Gasteiger partial charge in [-0.25, -0.2) is 0 Å². The number of hydrogen-bond acceptors (Lipinski definition) is 3. The van der Waals surface area contributed by atoms with Crippen molar-refractivity contribution in [1.29, 1.82) is 0 Å². The Hall–Kier alpha value is -0.290. The molecule has 0 saturated heterocycles. The first-order valence-electron chi connectivity index (χ1n) is 4.30. The van der Waals surface area contributed by atoms with Crippen LogP contribution in [0.15, 0.2) is 6.07 Å². The van der Waals surface area contributed by atoms with E-state index in [1.54, 1.807) is 14.0 Å². The number of thiophene rings is 1. The Labute approximate surface area is 102 Å². The fourth-order valence-electron chi connectivity index (χ4n) is 1.17. The molecule has 0 aliphatic heterocycles. The lowest BCUT2D eigenvalue weighted by molar-refractivity contribution is 0.0704. The van der Waals surface area contributed by atoms with E-state index in [1.807, 2.05) is 0 Å². The number of likely N-dealkylation sites (N-methyl/N-ethyl adjacent to an activating group) is 1. The van der Waals surface area contributed by atoms with E-state index in [4.69, 9.17) is 28.3 Å². The van der Waals surface area contributed by atoms with Crippen LogP contribution in [0.3, 0.4) is 0 Å². The molecule has 0 aromatic carbocycles. The molecule has 84 valence electrons. The molecule has 6 heteroatoms. The van der Waals surface area contributed by atoms with Crippen molar-refractivity contribution in [1.82, 2.24) is 4.90 Å². The Kier molecular flexibility index (Phi) is 4.40. The summed E-state index contributed by atoms with van der Waals surface area (Å²) in [6, 6.07) is 1.54. The van der Waals surface area contributed by atoms with Gasteiger partial charge in [0, 0.05) is 13.6 Å². The minimum Gasteiger partial charge on any atom is -0.392 e. The fourth-order valence-corrected chi connectivity index (χ4v) is 2.62. The van der Waals surface area contributed by atoms with Gasteiger partial charge in [0.2, 0.25) is 0 Å². The smallest absolute Gasteiger partial charge is 0.256 e. The van der Waals surface area contributed by atoms with E-state index in [2.05, 4.69) is 0 Å². The summed E-state index contributed by atoms with van der Waals surface area (Å²) in [6.45, 7) is 1.88. The highest BCUT2D eigenvalue weighted by Crippen LogP contribution is 2.31. The quantitative estimate of drug-likeness (QED) is 0.915. The normalized spacial score (nSPS) is 12.6. The Morgan fingerprint density at radius 1 is 1.67 bits per heavy atom. The SMILES string of the molecule is CC(O)CN(C)C(=O)c1cc(Cl)sc1Cl. The maximum Gasteiger partial charge on any atom is 0.256 e. The van der Waals surface area contributed by atoms with Crippen LogP contribution in [0.1, 0.15) is 17.3 Å². The predicted octanol–water partition coefficient (Wildman–Crippen LogP) is 2.51. The minimum absolute atomic E-state index is 0.232. The number of aliphatic hydroxyl groups is 1. The van der Waals surface area contributed by atoms with Gasteiger partial charge in [-0.2, -0.15) is 0 Å². The molecule has 1 aromatic rings. The van der Waals surface area contributed by atoms with Gasteiger partial charge < -0.3 is 10.0 Å². The van der Waals surface area contributed by atoms with Crippen LogP contribution in [-0.2, 0) is 0 Å². The van der Waals surface area contributed by atoms with E-state index in [0.29, 0.717) is 14.2 Å². The average Bonchev–Trinajstić information content (AvgIpc) is 2.42. The highest BCUT2D eigenvalue weighted by atomic mass is 35.5. The number of carbonyl (C=O) groups excluding carboxylic acids is 1. The molecular formula is C9H11Cl2NO2S. The van der Waals surface area contributed by atoms with Gasteiger partial charge in [-0.15, -0.1) is 11.3 Å². The third kappa shape index (κ3) is 3.34. The van der Waals surface area contributed by atoms with Crippen LogP contribution in [0.4, 0.5) is 0 Å². The molecule has 15 heavy (non-hydrogen) atoms. The van der Waals surface area contributed by atoms with Crippen molar-refractivity contribution >= 4 is 40.4 Å². The third-order valence-electron chi connectivity index (χ3n) is 1.77. The second-order valence-electron chi connectivity index (χ2n) is 3.27. The molecule has 0 bridgehead atoms. The van der Waals surface area contributed by atoms with Crippen molar-refractivity contribution in [3.8, 4) is 0 Å². The van der Waals surface area contributed by atoms with Gasteiger partial charge >= 0.3 is 0 Å². The summed E-state index contributed by atoms with van der Waals surface area (Å²) in [6.07, 6.45) is -0.563. The van der Waals surface area contributed by atoms with E-state index in [0.717, 1.165) is 11.3 Å². The minimum atomic E-state index is -0.563. The van der Waals surface area contributed by atoms with Crippen molar-refractivity contribution in [3.05, 3.63) is 20.3 Å². The van der Waals surface area contributed by atoms with Crippen molar-refractivity contribution < 1.29 is 9.90 Å². The molecule has 0 aliphatic carbocycles. The van der Waals surface area contributed by atoms with Gasteiger partial charge in [0.05, 0.1) is 16.0 Å². The number of rotatable bonds is 3. The highest BCUT2D eigenvalue weighted by molar-refractivity contribution is 7.20. The number of amides is 1.